The molecule has 1 aromatic carbocycles. The number of rotatable bonds is 3. The predicted octanol–water partition coefficient (Wildman–Crippen LogP) is 4.03. The molecule has 0 spiro atoms. The lowest BCUT2D eigenvalue weighted by Gasteiger charge is -1.96. The molecular weight excluding hydrogens is 284 g/mol. The van der Waals surface area contributed by atoms with Crippen LogP contribution in [0.1, 0.15) is 11.4 Å². The Morgan fingerprint density at radius 3 is 2.75 bits per heavy atom. The zero-order chi connectivity index (χ0) is 11.4. The van der Waals surface area contributed by atoms with Gasteiger partial charge in [0.25, 0.3) is 0 Å². The van der Waals surface area contributed by atoms with Gasteiger partial charge in [-0.25, -0.2) is 4.98 Å². The second-order valence-electron chi connectivity index (χ2n) is 3.29. The fraction of sp³-hybridized carbons (Fsp3) is 0.167. The lowest BCUT2D eigenvalue weighted by molar-refractivity contribution is 0.991. The highest BCUT2D eigenvalue weighted by molar-refractivity contribution is 9.10. The quantitative estimate of drug-likeness (QED) is 0.856. The Kier molecular flexibility index (Phi) is 3.70. The largest absolute Gasteiger partial charge is 0.241 e. The van der Waals surface area contributed by atoms with Gasteiger partial charge in [0, 0.05) is 28.3 Å². The number of halogens is 1. The third-order valence-electron chi connectivity index (χ3n) is 2.14. The maximum Gasteiger partial charge on any atom is 0.0942 e. The van der Waals surface area contributed by atoms with E-state index in [0.29, 0.717) is 6.42 Å². The van der Waals surface area contributed by atoms with Crippen LogP contribution in [-0.4, -0.2) is 4.98 Å². The van der Waals surface area contributed by atoms with Crippen LogP contribution in [0.25, 0.3) is 11.3 Å². The molecule has 2 rings (SSSR count). The second kappa shape index (κ2) is 5.24. The van der Waals surface area contributed by atoms with E-state index in [2.05, 4.69) is 27.0 Å². The molecule has 0 aliphatic heterocycles. The topological polar surface area (TPSA) is 36.7 Å². The summed E-state index contributed by atoms with van der Waals surface area (Å²) in [5, 5.41) is 11.6. The number of nitriles is 1. The number of aryl methyl sites for hydroxylation is 1. The smallest absolute Gasteiger partial charge is 0.0942 e. The van der Waals surface area contributed by atoms with E-state index in [1.54, 1.807) is 11.3 Å². The Bertz CT molecular complexity index is 511. The average Bonchev–Trinajstić information content (AvgIpc) is 2.76. The Labute approximate surface area is 107 Å². The van der Waals surface area contributed by atoms with Gasteiger partial charge in [-0.15, -0.1) is 11.3 Å². The normalized spacial score (nSPS) is 10.0. The van der Waals surface area contributed by atoms with Crippen molar-refractivity contribution in [3.63, 3.8) is 0 Å². The van der Waals surface area contributed by atoms with Crippen molar-refractivity contribution in [2.75, 3.05) is 0 Å². The molecule has 2 nitrogen and oxygen atoms in total. The molecule has 0 saturated carbocycles. The van der Waals surface area contributed by atoms with Gasteiger partial charge in [-0.1, -0.05) is 28.1 Å². The number of hydrogen-bond acceptors (Lipinski definition) is 3. The van der Waals surface area contributed by atoms with E-state index in [9.17, 15) is 0 Å². The third kappa shape index (κ3) is 2.69. The highest BCUT2D eigenvalue weighted by atomic mass is 79.9. The second-order valence-corrected chi connectivity index (χ2v) is 5.15. The molecule has 0 radical (unpaired) electrons. The maximum absolute atomic E-state index is 8.50. The average molecular weight is 293 g/mol. The summed E-state index contributed by atoms with van der Waals surface area (Å²) in [4.78, 5) is 4.50. The summed E-state index contributed by atoms with van der Waals surface area (Å²) in [6, 6.07) is 10.2. The highest BCUT2D eigenvalue weighted by Gasteiger charge is 2.03. The molecule has 0 atom stereocenters. The molecule has 0 bridgehead atoms. The number of thiazole rings is 1. The van der Waals surface area contributed by atoms with Gasteiger partial charge >= 0.3 is 0 Å². The van der Waals surface area contributed by atoms with E-state index in [-0.39, 0.29) is 0 Å². The Hall–Kier alpha value is -1.18. The molecule has 80 valence electrons. The van der Waals surface area contributed by atoms with Crippen LogP contribution < -0.4 is 0 Å². The fourth-order valence-corrected chi connectivity index (χ4v) is 2.41. The molecule has 0 amide bonds. The van der Waals surface area contributed by atoms with Gasteiger partial charge in [0.15, 0.2) is 0 Å². The number of nitrogens with zero attached hydrogens (tertiary/aromatic N) is 2. The van der Waals surface area contributed by atoms with Crippen molar-refractivity contribution in [3.05, 3.63) is 39.1 Å². The van der Waals surface area contributed by atoms with Crippen LogP contribution in [0.3, 0.4) is 0 Å². The molecule has 0 aliphatic carbocycles. The van der Waals surface area contributed by atoms with Crippen molar-refractivity contribution in [1.82, 2.24) is 4.98 Å². The monoisotopic (exact) mass is 292 g/mol. The fourth-order valence-electron chi connectivity index (χ4n) is 1.34. The molecule has 4 heteroatoms. The van der Waals surface area contributed by atoms with Gasteiger partial charge in [0.1, 0.15) is 0 Å². The number of aromatic nitrogens is 1. The van der Waals surface area contributed by atoms with Crippen molar-refractivity contribution >= 4 is 27.3 Å². The minimum absolute atomic E-state index is 0.535. The molecule has 0 unspecified atom stereocenters. The summed E-state index contributed by atoms with van der Waals surface area (Å²) in [5.41, 5.74) is 2.10. The van der Waals surface area contributed by atoms with Crippen LogP contribution in [0.2, 0.25) is 0 Å². The van der Waals surface area contributed by atoms with Crippen LogP contribution in [0.5, 0.6) is 0 Å². The van der Waals surface area contributed by atoms with Gasteiger partial charge in [-0.2, -0.15) is 5.26 Å². The van der Waals surface area contributed by atoms with Gasteiger partial charge in [0.2, 0.25) is 0 Å². The van der Waals surface area contributed by atoms with Crippen LogP contribution in [0.15, 0.2) is 34.1 Å². The zero-order valence-electron chi connectivity index (χ0n) is 8.48. The van der Waals surface area contributed by atoms with E-state index in [1.165, 1.54) is 0 Å². The molecule has 16 heavy (non-hydrogen) atoms. The molecule has 1 aromatic heterocycles. The Morgan fingerprint density at radius 2 is 2.06 bits per heavy atom. The van der Waals surface area contributed by atoms with E-state index in [4.69, 9.17) is 5.26 Å². The highest BCUT2D eigenvalue weighted by Crippen LogP contribution is 2.24. The molecule has 0 fully saturated rings. The van der Waals surface area contributed by atoms with Gasteiger partial charge in [0.05, 0.1) is 16.8 Å². The maximum atomic E-state index is 8.50. The van der Waals surface area contributed by atoms with E-state index in [1.807, 2.05) is 29.6 Å². The molecular formula is C12H9BrN2S. The minimum Gasteiger partial charge on any atom is -0.241 e. The Balaban J connectivity index is 2.18. The number of benzene rings is 1. The van der Waals surface area contributed by atoms with Crippen molar-refractivity contribution in [2.45, 2.75) is 12.8 Å². The van der Waals surface area contributed by atoms with E-state index < -0.39 is 0 Å². The minimum atomic E-state index is 0.535. The lowest BCUT2D eigenvalue weighted by atomic mass is 10.2. The zero-order valence-corrected chi connectivity index (χ0v) is 10.9. The van der Waals surface area contributed by atoms with E-state index in [0.717, 1.165) is 27.2 Å². The first-order chi connectivity index (χ1) is 7.79. The lowest BCUT2D eigenvalue weighted by Crippen LogP contribution is -1.83. The first kappa shape index (κ1) is 11.3. The van der Waals surface area contributed by atoms with Crippen molar-refractivity contribution in [3.8, 4) is 17.3 Å². The SMILES string of the molecule is N#CCCc1nc(-c2ccc(Br)cc2)cs1. The first-order valence-electron chi connectivity index (χ1n) is 4.87. The van der Waals surface area contributed by atoms with Gasteiger partial charge in [-0.3, -0.25) is 0 Å². The summed E-state index contributed by atoms with van der Waals surface area (Å²) in [7, 11) is 0. The third-order valence-corrected chi connectivity index (χ3v) is 3.58. The summed E-state index contributed by atoms with van der Waals surface area (Å²) < 4.78 is 1.07. The molecule has 0 aliphatic rings. The first-order valence-corrected chi connectivity index (χ1v) is 6.54. The standard InChI is InChI=1S/C12H9BrN2S/c13-10-5-3-9(4-6-10)11-8-16-12(15-11)2-1-7-14/h3-6,8H,1-2H2. The van der Waals surface area contributed by atoms with Crippen LogP contribution in [-0.2, 0) is 6.42 Å². The molecule has 0 N–H and O–H groups in total. The molecule has 2 aromatic rings. The van der Waals surface area contributed by atoms with Crippen LogP contribution >= 0.6 is 27.3 Å². The van der Waals surface area contributed by atoms with Crippen molar-refractivity contribution < 1.29 is 0 Å². The predicted molar refractivity (Wildman–Crippen MR) is 69.2 cm³/mol. The van der Waals surface area contributed by atoms with Crippen LogP contribution in [0, 0.1) is 11.3 Å². The van der Waals surface area contributed by atoms with E-state index >= 15 is 0 Å². The summed E-state index contributed by atoms with van der Waals surface area (Å²) in [6.45, 7) is 0. The summed E-state index contributed by atoms with van der Waals surface area (Å²) in [6.07, 6.45) is 1.28. The summed E-state index contributed by atoms with van der Waals surface area (Å²) >= 11 is 5.02. The summed E-state index contributed by atoms with van der Waals surface area (Å²) in [5.74, 6) is 0. The molecule has 1 heterocycles. The number of hydrogen-bond donors (Lipinski definition) is 0. The Morgan fingerprint density at radius 1 is 1.31 bits per heavy atom. The van der Waals surface area contributed by atoms with Crippen LogP contribution in [0.4, 0.5) is 0 Å². The molecule has 0 saturated heterocycles. The van der Waals surface area contributed by atoms with Gasteiger partial charge in [-0.05, 0) is 12.1 Å². The van der Waals surface area contributed by atoms with Crippen molar-refractivity contribution in [2.24, 2.45) is 0 Å². The van der Waals surface area contributed by atoms with Gasteiger partial charge < -0.3 is 0 Å². The van der Waals surface area contributed by atoms with Crippen molar-refractivity contribution in [1.29, 1.82) is 5.26 Å².